The number of nitrogens with one attached hydrogen (secondary N) is 1. The number of aliphatic hydroxyl groups is 1. The maximum atomic E-state index is 10.4. The van der Waals surface area contributed by atoms with Crippen LogP contribution in [0.5, 0.6) is 5.75 Å². The van der Waals surface area contributed by atoms with E-state index in [1.165, 1.54) is 0 Å². The smallest absolute Gasteiger partial charge is 0.167 e. The minimum Gasteiger partial charge on any atom is -0.508 e. The second-order valence-corrected chi connectivity index (χ2v) is 8.36. The molecule has 1 aromatic carbocycles. The molecule has 0 bridgehead atoms. The maximum absolute atomic E-state index is 10.4. The van der Waals surface area contributed by atoms with E-state index in [4.69, 9.17) is 9.26 Å². The highest BCUT2D eigenvalue weighted by molar-refractivity contribution is 5.59. The molecular formula is C22H31N3O4. The first-order chi connectivity index (χ1) is 14.1. The number of aromatic hydroxyl groups is 1. The first-order valence-corrected chi connectivity index (χ1v) is 10.6. The molecule has 0 spiro atoms. The second kappa shape index (κ2) is 9.26. The van der Waals surface area contributed by atoms with Crippen LogP contribution in [0.1, 0.15) is 31.4 Å². The summed E-state index contributed by atoms with van der Waals surface area (Å²) in [6, 6.07) is 9.34. The van der Waals surface area contributed by atoms with E-state index in [-0.39, 0.29) is 18.0 Å². The molecule has 4 rings (SSSR count). The highest BCUT2D eigenvalue weighted by Gasteiger charge is 2.31. The number of nitrogens with zero attached hydrogens (tertiary/aromatic N) is 2. The zero-order valence-corrected chi connectivity index (χ0v) is 17.0. The van der Waals surface area contributed by atoms with Crippen molar-refractivity contribution in [3.05, 3.63) is 36.0 Å². The van der Waals surface area contributed by atoms with Gasteiger partial charge < -0.3 is 29.7 Å². The third kappa shape index (κ3) is 5.36. The standard InChI is InChI=1S/C22H31N3O4/c1-25-9-7-16(8-10-25)23-14-22-20(27)6-5-19(28-22)12-17-13-21(29-24-17)15-3-2-4-18(26)11-15/h2-4,11,13,16,19-20,22-23,26-27H,5-10,12,14H2,1H3/t19-,20-,22+/m0/s1. The van der Waals surface area contributed by atoms with Gasteiger partial charge in [-0.15, -0.1) is 0 Å². The summed E-state index contributed by atoms with van der Waals surface area (Å²) < 4.78 is 11.7. The van der Waals surface area contributed by atoms with E-state index in [9.17, 15) is 10.2 Å². The van der Waals surface area contributed by atoms with Gasteiger partial charge in [-0.2, -0.15) is 0 Å². The van der Waals surface area contributed by atoms with Gasteiger partial charge in [-0.25, -0.2) is 0 Å². The van der Waals surface area contributed by atoms with Crippen molar-refractivity contribution < 1.29 is 19.5 Å². The molecule has 2 saturated heterocycles. The van der Waals surface area contributed by atoms with Gasteiger partial charge in [-0.3, -0.25) is 0 Å². The molecule has 0 aliphatic carbocycles. The summed E-state index contributed by atoms with van der Waals surface area (Å²) in [5.41, 5.74) is 1.62. The van der Waals surface area contributed by atoms with Gasteiger partial charge in [0, 0.05) is 30.6 Å². The molecule has 0 unspecified atom stereocenters. The molecule has 3 heterocycles. The molecular weight excluding hydrogens is 370 g/mol. The summed E-state index contributed by atoms with van der Waals surface area (Å²) >= 11 is 0. The summed E-state index contributed by atoms with van der Waals surface area (Å²) in [7, 11) is 2.16. The van der Waals surface area contributed by atoms with E-state index in [0.717, 1.165) is 50.0 Å². The summed E-state index contributed by atoms with van der Waals surface area (Å²) in [5.74, 6) is 0.831. The normalized spacial score (nSPS) is 26.6. The molecule has 0 saturated carbocycles. The van der Waals surface area contributed by atoms with E-state index in [1.807, 2.05) is 12.1 Å². The SMILES string of the molecule is CN1CCC(NC[C@H]2O[C@H](Cc3cc(-c4cccc(O)c4)on3)CC[C@@H]2O)CC1. The van der Waals surface area contributed by atoms with Crippen LogP contribution in [-0.2, 0) is 11.2 Å². The van der Waals surface area contributed by atoms with Gasteiger partial charge in [0.05, 0.1) is 24.0 Å². The molecule has 1 aromatic heterocycles. The number of aromatic nitrogens is 1. The lowest BCUT2D eigenvalue weighted by atomic mass is 9.97. The zero-order valence-electron chi connectivity index (χ0n) is 17.0. The predicted molar refractivity (Wildman–Crippen MR) is 110 cm³/mol. The van der Waals surface area contributed by atoms with Gasteiger partial charge in [0.2, 0.25) is 0 Å². The molecule has 2 fully saturated rings. The summed E-state index contributed by atoms with van der Waals surface area (Å²) in [6.45, 7) is 2.91. The van der Waals surface area contributed by atoms with Crippen molar-refractivity contribution >= 4 is 0 Å². The van der Waals surface area contributed by atoms with Crippen LogP contribution in [0.25, 0.3) is 11.3 Å². The average Bonchev–Trinajstić information content (AvgIpc) is 3.18. The van der Waals surface area contributed by atoms with Crippen LogP contribution in [0.4, 0.5) is 0 Å². The van der Waals surface area contributed by atoms with Crippen molar-refractivity contribution in [1.82, 2.24) is 15.4 Å². The number of ether oxygens (including phenoxy) is 1. The monoisotopic (exact) mass is 401 g/mol. The number of piperidine rings is 1. The van der Waals surface area contributed by atoms with Gasteiger partial charge in [-0.1, -0.05) is 17.3 Å². The first-order valence-electron chi connectivity index (χ1n) is 10.6. The fraction of sp³-hybridized carbons (Fsp3) is 0.591. The summed E-state index contributed by atoms with van der Waals surface area (Å²) in [6.07, 6.45) is 3.88. The Morgan fingerprint density at radius 1 is 1.17 bits per heavy atom. The van der Waals surface area contributed by atoms with Crippen LogP contribution in [0.15, 0.2) is 34.9 Å². The van der Waals surface area contributed by atoms with Crippen LogP contribution in [0, 0.1) is 0 Å². The Kier molecular flexibility index (Phi) is 6.50. The van der Waals surface area contributed by atoms with Gasteiger partial charge in [0.15, 0.2) is 5.76 Å². The van der Waals surface area contributed by atoms with Gasteiger partial charge in [-0.05, 0) is 58.0 Å². The number of aliphatic hydroxyl groups excluding tert-OH is 1. The number of phenols is 1. The molecule has 29 heavy (non-hydrogen) atoms. The third-order valence-corrected chi connectivity index (χ3v) is 6.03. The summed E-state index contributed by atoms with van der Waals surface area (Å²) in [5, 5.41) is 27.8. The van der Waals surface area contributed by atoms with Gasteiger partial charge in [0.25, 0.3) is 0 Å². The van der Waals surface area contributed by atoms with Crippen LogP contribution < -0.4 is 5.32 Å². The Morgan fingerprint density at radius 2 is 2.00 bits per heavy atom. The lowest BCUT2D eigenvalue weighted by Gasteiger charge is -2.36. The topological polar surface area (TPSA) is 91.0 Å². The Hall–Kier alpha value is -1.93. The number of hydrogen-bond donors (Lipinski definition) is 3. The summed E-state index contributed by atoms with van der Waals surface area (Å²) in [4.78, 5) is 2.35. The minimum absolute atomic E-state index is 0.0183. The van der Waals surface area contributed by atoms with Crippen molar-refractivity contribution in [2.75, 3.05) is 26.7 Å². The average molecular weight is 402 g/mol. The van der Waals surface area contributed by atoms with E-state index < -0.39 is 6.10 Å². The first kappa shape index (κ1) is 20.3. The molecule has 3 N–H and O–H groups in total. The van der Waals surface area contributed by atoms with Crippen molar-refractivity contribution in [2.24, 2.45) is 0 Å². The number of rotatable bonds is 6. The second-order valence-electron chi connectivity index (χ2n) is 8.36. The Morgan fingerprint density at radius 3 is 2.79 bits per heavy atom. The molecule has 158 valence electrons. The van der Waals surface area contributed by atoms with Crippen molar-refractivity contribution in [3.63, 3.8) is 0 Å². The van der Waals surface area contributed by atoms with E-state index >= 15 is 0 Å². The number of benzene rings is 1. The largest absolute Gasteiger partial charge is 0.508 e. The van der Waals surface area contributed by atoms with Crippen LogP contribution in [0.3, 0.4) is 0 Å². The highest BCUT2D eigenvalue weighted by atomic mass is 16.5. The molecule has 2 aliphatic heterocycles. The Labute approximate surface area is 171 Å². The lowest BCUT2D eigenvalue weighted by molar-refractivity contribution is -0.115. The quantitative estimate of drug-likeness (QED) is 0.683. The lowest BCUT2D eigenvalue weighted by Crippen LogP contribution is -2.49. The van der Waals surface area contributed by atoms with Crippen molar-refractivity contribution in [2.45, 2.75) is 56.5 Å². The van der Waals surface area contributed by atoms with E-state index in [0.29, 0.717) is 24.8 Å². The van der Waals surface area contributed by atoms with Gasteiger partial charge >= 0.3 is 0 Å². The predicted octanol–water partition coefficient (Wildman–Crippen LogP) is 2.18. The Bertz CT molecular complexity index is 788. The molecule has 7 nitrogen and oxygen atoms in total. The van der Waals surface area contributed by atoms with Crippen LogP contribution >= 0.6 is 0 Å². The molecule has 2 aromatic rings. The van der Waals surface area contributed by atoms with E-state index in [2.05, 4.69) is 22.4 Å². The fourth-order valence-electron chi connectivity index (χ4n) is 4.21. The highest BCUT2D eigenvalue weighted by Crippen LogP contribution is 2.27. The Balaban J connectivity index is 1.30. The van der Waals surface area contributed by atoms with E-state index in [1.54, 1.807) is 18.2 Å². The maximum Gasteiger partial charge on any atom is 0.167 e. The number of phenolic OH excluding ortho intramolecular Hbond substituents is 1. The zero-order chi connectivity index (χ0) is 20.2. The number of hydrogen-bond acceptors (Lipinski definition) is 7. The van der Waals surface area contributed by atoms with Crippen LogP contribution in [0.2, 0.25) is 0 Å². The minimum atomic E-state index is -0.426. The van der Waals surface area contributed by atoms with Crippen molar-refractivity contribution in [3.8, 4) is 17.1 Å². The third-order valence-electron chi connectivity index (χ3n) is 6.03. The van der Waals surface area contributed by atoms with Crippen molar-refractivity contribution in [1.29, 1.82) is 0 Å². The molecule has 0 amide bonds. The molecule has 3 atom stereocenters. The molecule has 0 radical (unpaired) electrons. The molecule has 2 aliphatic rings. The van der Waals surface area contributed by atoms with Crippen LogP contribution in [-0.4, -0.2) is 71.3 Å². The van der Waals surface area contributed by atoms with Gasteiger partial charge in [0.1, 0.15) is 5.75 Å². The molecule has 7 heteroatoms. The number of likely N-dealkylation sites (tertiary alicyclic amines) is 1. The fourth-order valence-corrected chi connectivity index (χ4v) is 4.21.